The summed E-state index contributed by atoms with van der Waals surface area (Å²) in [5.74, 6) is 0.728. The fourth-order valence-electron chi connectivity index (χ4n) is 2.39. The number of thiazole rings is 1. The first-order chi connectivity index (χ1) is 8.41. The van der Waals surface area contributed by atoms with E-state index < -0.39 is 0 Å². The average Bonchev–Trinajstić information content (AvgIpc) is 2.72. The third kappa shape index (κ3) is 2.67. The van der Waals surface area contributed by atoms with Gasteiger partial charge < -0.3 is 4.90 Å². The lowest BCUT2D eigenvalue weighted by Crippen LogP contribution is -2.34. The molecule has 2 heterocycles. The zero-order valence-corrected chi connectivity index (χ0v) is 12.5. The summed E-state index contributed by atoms with van der Waals surface area (Å²) in [6, 6.07) is 2.30. The lowest BCUT2D eigenvalue weighted by atomic mass is 9.91. The Labute approximate surface area is 113 Å². The number of nitriles is 1. The lowest BCUT2D eigenvalue weighted by Gasteiger charge is -2.30. The molecule has 1 aromatic heterocycles. The van der Waals surface area contributed by atoms with Crippen LogP contribution in [0.5, 0.6) is 0 Å². The largest absolute Gasteiger partial charge is 0.348 e. The first-order valence-electron chi connectivity index (χ1n) is 6.58. The molecule has 2 rings (SSSR count). The fourth-order valence-corrected chi connectivity index (χ4v) is 3.50. The minimum absolute atomic E-state index is 0.0543. The van der Waals surface area contributed by atoms with Crippen LogP contribution in [0.4, 0.5) is 5.13 Å². The Balaban J connectivity index is 2.30. The summed E-state index contributed by atoms with van der Waals surface area (Å²) in [4.78, 5) is 7.85. The molecule has 1 aromatic rings. The number of hydrogen-bond acceptors (Lipinski definition) is 4. The van der Waals surface area contributed by atoms with Gasteiger partial charge in [-0.1, -0.05) is 39.0 Å². The van der Waals surface area contributed by atoms with Gasteiger partial charge in [-0.05, 0) is 18.8 Å². The van der Waals surface area contributed by atoms with Crippen LogP contribution in [0.2, 0.25) is 0 Å². The second-order valence-corrected chi connectivity index (χ2v) is 7.21. The molecule has 1 aliphatic rings. The van der Waals surface area contributed by atoms with Crippen molar-refractivity contribution in [3.05, 3.63) is 10.6 Å². The van der Waals surface area contributed by atoms with Gasteiger partial charge in [0.25, 0.3) is 0 Å². The number of hydrogen-bond donors (Lipinski definition) is 0. The smallest absolute Gasteiger partial charge is 0.186 e. The molecule has 1 atom stereocenters. The fraction of sp³-hybridized carbons (Fsp3) is 0.714. The molecule has 0 saturated carbocycles. The minimum Gasteiger partial charge on any atom is -0.348 e. The van der Waals surface area contributed by atoms with Gasteiger partial charge in [0.2, 0.25) is 0 Å². The highest BCUT2D eigenvalue weighted by Crippen LogP contribution is 2.34. The summed E-state index contributed by atoms with van der Waals surface area (Å²) >= 11 is 1.55. The highest BCUT2D eigenvalue weighted by atomic mass is 32.1. The van der Waals surface area contributed by atoms with E-state index in [0.717, 1.165) is 34.7 Å². The molecule has 3 nitrogen and oxygen atoms in total. The topological polar surface area (TPSA) is 39.9 Å². The van der Waals surface area contributed by atoms with Crippen LogP contribution in [-0.4, -0.2) is 18.1 Å². The molecule has 4 heteroatoms. The standard InChI is InChI=1S/C14H21N3S/c1-10-6-5-7-17(9-10)13-16-12(14(2,3)4)11(8-15)18-13/h10H,5-7,9H2,1-4H3. The number of rotatable bonds is 1. The highest BCUT2D eigenvalue weighted by Gasteiger charge is 2.26. The Bertz CT molecular complexity index is 464. The van der Waals surface area contributed by atoms with E-state index in [4.69, 9.17) is 4.98 Å². The Morgan fingerprint density at radius 3 is 2.67 bits per heavy atom. The Kier molecular flexibility index (Phi) is 3.63. The van der Waals surface area contributed by atoms with Crippen molar-refractivity contribution >= 4 is 16.5 Å². The molecule has 1 fully saturated rings. The lowest BCUT2D eigenvalue weighted by molar-refractivity contribution is 0.445. The van der Waals surface area contributed by atoms with Crippen LogP contribution < -0.4 is 4.90 Å². The number of anilines is 1. The molecule has 1 saturated heterocycles. The molecule has 0 spiro atoms. The second-order valence-electron chi connectivity index (χ2n) is 6.23. The Morgan fingerprint density at radius 1 is 1.44 bits per heavy atom. The van der Waals surface area contributed by atoms with Gasteiger partial charge in [-0.3, -0.25) is 0 Å². The van der Waals surface area contributed by atoms with Gasteiger partial charge in [-0.25, -0.2) is 4.98 Å². The van der Waals surface area contributed by atoms with E-state index in [-0.39, 0.29) is 5.41 Å². The first-order valence-corrected chi connectivity index (χ1v) is 7.40. The third-order valence-corrected chi connectivity index (χ3v) is 4.38. The molecule has 0 aromatic carbocycles. The normalized spacial score (nSPS) is 20.8. The van der Waals surface area contributed by atoms with Crippen molar-refractivity contribution in [3.8, 4) is 6.07 Å². The van der Waals surface area contributed by atoms with Gasteiger partial charge in [0.15, 0.2) is 5.13 Å². The molecule has 98 valence electrons. The van der Waals surface area contributed by atoms with Crippen molar-refractivity contribution in [2.24, 2.45) is 5.92 Å². The molecule has 0 radical (unpaired) electrons. The van der Waals surface area contributed by atoms with Gasteiger partial charge in [0.05, 0.1) is 5.69 Å². The molecule has 0 aliphatic carbocycles. The van der Waals surface area contributed by atoms with Crippen molar-refractivity contribution in [1.82, 2.24) is 4.98 Å². The second kappa shape index (κ2) is 4.89. The van der Waals surface area contributed by atoms with Gasteiger partial charge >= 0.3 is 0 Å². The highest BCUT2D eigenvalue weighted by molar-refractivity contribution is 7.16. The maximum absolute atomic E-state index is 9.25. The van der Waals surface area contributed by atoms with E-state index in [9.17, 15) is 5.26 Å². The predicted molar refractivity (Wildman–Crippen MR) is 76.1 cm³/mol. The molecule has 1 aliphatic heterocycles. The molecular weight excluding hydrogens is 242 g/mol. The Morgan fingerprint density at radius 2 is 2.17 bits per heavy atom. The van der Waals surface area contributed by atoms with Crippen LogP contribution in [0, 0.1) is 17.2 Å². The summed E-state index contributed by atoms with van der Waals surface area (Å²) in [5.41, 5.74) is 0.893. The van der Waals surface area contributed by atoms with E-state index >= 15 is 0 Å². The van der Waals surface area contributed by atoms with Crippen molar-refractivity contribution in [3.63, 3.8) is 0 Å². The van der Waals surface area contributed by atoms with Gasteiger partial charge in [-0.2, -0.15) is 5.26 Å². The van der Waals surface area contributed by atoms with Gasteiger partial charge in [-0.15, -0.1) is 0 Å². The molecule has 18 heavy (non-hydrogen) atoms. The first kappa shape index (κ1) is 13.4. The Hall–Kier alpha value is -1.08. The van der Waals surface area contributed by atoms with Gasteiger partial charge in [0.1, 0.15) is 10.9 Å². The van der Waals surface area contributed by atoms with Crippen molar-refractivity contribution in [2.75, 3.05) is 18.0 Å². The molecule has 0 bridgehead atoms. The number of nitrogens with zero attached hydrogens (tertiary/aromatic N) is 3. The van der Waals surface area contributed by atoms with Crippen LogP contribution in [0.3, 0.4) is 0 Å². The van der Waals surface area contributed by atoms with E-state index in [0.29, 0.717) is 0 Å². The summed E-state index contributed by atoms with van der Waals surface area (Å²) < 4.78 is 0. The van der Waals surface area contributed by atoms with Crippen LogP contribution >= 0.6 is 11.3 Å². The molecule has 0 N–H and O–H groups in total. The van der Waals surface area contributed by atoms with Gasteiger partial charge in [0, 0.05) is 18.5 Å². The summed E-state index contributed by atoms with van der Waals surface area (Å²) in [6.07, 6.45) is 2.53. The maximum atomic E-state index is 9.25. The molecule has 1 unspecified atom stereocenters. The predicted octanol–water partition coefficient (Wildman–Crippen LogP) is 3.55. The molecular formula is C14H21N3S. The van der Waals surface area contributed by atoms with E-state index in [1.807, 2.05) is 0 Å². The third-order valence-electron chi connectivity index (χ3n) is 3.36. The van der Waals surface area contributed by atoms with Crippen molar-refractivity contribution < 1.29 is 0 Å². The zero-order chi connectivity index (χ0) is 13.3. The average molecular weight is 263 g/mol. The minimum atomic E-state index is -0.0543. The van der Waals surface area contributed by atoms with Crippen LogP contribution in [0.25, 0.3) is 0 Å². The van der Waals surface area contributed by atoms with E-state index in [2.05, 4.69) is 38.7 Å². The maximum Gasteiger partial charge on any atom is 0.186 e. The van der Waals surface area contributed by atoms with E-state index in [1.165, 1.54) is 12.8 Å². The van der Waals surface area contributed by atoms with Crippen LogP contribution in [-0.2, 0) is 5.41 Å². The number of aromatic nitrogens is 1. The van der Waals surface area contributed by atoms with Crippen molar-refractivity contribution in [2.45, 2.75) is 46.0 Å². The van der Waals surface area contributed by atoms with E-state index in [1.54, 1.807) is 11.3 Å². The number of piperidine rings is 1. The summed E-state index contributed by atoms with van der Waals surface area (Å²) in [7, 11) is 0. The van der Waals surface area contributed by atoms with Crippen LogP contribution in [0.1, 0.15) is 51.1 Å². The quantitative estimate of drug-likeness (QED) is 0.778. The molecule has 0 amide bonds. The SMILES string of the molecule is CC1CCCN(c2nc(C(C)(C)C)c(C#N)s2)C1. The zero-order valence-electron chi connectivity index (χ0n) is 11.7. The monoisotopic (exact) mass is 263 g/mol. The van der Waals surface area contributed by atoms with Crippen LogP contribution in [0.15, 0.2) is 0 Å². The van der Waals surface area contributed by atoms with Crippen molar-refractivity contribution in [1.29, 1.82) is 5.26 Å². The summed E-state index contributed by atoms with van der Waals surface area (Å²) in [5, 5.41) is 10.3. The summed E-state index contributed by atoms with van der Waals surface area (Å²) in [6.45, 7) is 10.8.